The number of pyridine rings is 1. The van der Waals surface area contributed by atoms with Crippen molar-refractivity contribution in [3.63, 3.8) is 0 Å². The summed E-state index contributed by atoms with van der Waals surface area (Å²) in [5.41, 5.74) is 1.91. The lowest BCUT2D eigenvalue weighted by atomic mass is 10.0. The highest BCUT2D eigenvalue weighted by molar-refractivity contribution is 5.98. The zero-order valence-electron chi connectivity index (χ0n) is 21.4. The van der Waals surface area contributed by atoms with Gasteiger partial charge in [0.25, 0.3) is 0 Å². The van der Waals surface area contributed by atoms with E-state index >= 15 is 0 Å². The Bertz CT molecular complexity index is 1400. The summed E-state index contributed by atoms with van der Waals surface area (Å²) in [4.78, 5) is 21.5. The molecule has 0 aliphatic rings. The normalized spacial score (nSPS) is 14.5. The lowest BCUT2D eigenvalue weighted by molar-refractivity contribution is 0.0992. The number of rotatable bonds is 6. The third-order valence-corrected chi connectivity index (χ3v) is 4.32. The van der Waals surface area contributed by atoms with Gasteiger partial charge in [-0.1, -0.05) is 12.1 Å². The molecule has 0 fully saturated rings. The van der Waals surface area contributed by atoms with E-state index in [2.05, 4.69) is 9.97 Å². The number of hydrogen-bond acceptors (Lipinski definition) is 4. The van der Waals surface area contributed by atoms with Crippen LogP contribution in [-0.4, -0.2) is 26.9 Å². The van der Waals surface area contributed by atoms with Gasteiger partial charge in [0, 0.05) is 35.5 Å². The number of hydrogen-bond donors (Lipinski definition) is 0. The molecule has 0 saturated heterocycles. The van der Waals surface area contributed by atoms with Crippen LogP contribution in [0.4, 0.5) is 0 Å². The zero-order valence-corrected chi connectivity index (χ0v) is 15.4. The Kier molecular flexibility index (Phi) is 3.30. The third kappa shape index (κ3) is 3.64. The summed E-state index contributed by atoms with van der Waals surface area (Å²) in [6.07, 6.45) is 4.88. The maximum atomic E-state index is 13.0. The van der Waals surface area contributed by atoms with Crippen molar-refractivity contribution in [1.82, 2.24) is 14.5 Å². The summed E-state index contributed by atoms with van der Waals surface area (Å²) in [6.45, 7) is -1.12. The summed E-state index contributed by atoms with van der Waals surface area (Å²) in [7, 11) is 1.89. The molecule has 0 aliphatic carbocycles. The quantitative estimate of drug-likeness (QED) is 0.466. The van der Waals surface area contributed by atoms with E-state index in [1.807, 2.05) is 29.8 Å². The highest BCUT2D eigenvalue weighted by atomic mass is 16.5. The molecule has 5 heteroatoms. The van der Waals surface area contributed by atoms with Gasteiger partial charge in [-0.2, -0.15) is 0 Å². The smallest absolute Gasteiger partial charge is 0.168 e. The van der Waals surface area contributed by atoms with Gasteiger partial charge in [-0.3, -0.25) is 9.78 Å². The van der Waals surface area contributed by atoms with Gasteiger partial charge in [0.15, 0.2) is 5.78 Å². The van der Waals surface area contributed by atoms with Gasteiger partial charge in [0.2, 0.25) is 0 Å². The van der Waals surface area contributed by atoms with Crippen molar-refractivity contribution < 1.29 is 17.8 Å². The number of carbonyl (C=O) groups is 1. The molecule has 0 bridgehead atoms. The van der Waals surface area contributed by atoms with Crippen LogP contribution in [0.5, 0.6) is 5.75 Å². The fourth-order valence-corrected chi connectivity index (χ4v) is 2.92. The minimum atomic E-state index is -2.21. The molecule has 0 N–H and O–H groups in total. The first kappa shape index (κ1) is 12.1. The van der Waals surface area contributed by atoms with Crippen molar-refractivity contribution in [2.45, 2.75) is 13.3 Å². The average molecular weight is 377 g/mol. The average Bonchev–Trinajstić information content (AvgIpc) is 3.20. The molecule has 0 radical (unpaired) electrons. The largest absolute Gasteiger partial charge is 0.494 e. The molecule has 2 aromatic carbocycles. The van der Waals surface area contributed by atoms with Crippen molar-refractivity contribution >= 4 is 16.6 Å². The summed E-state index contributed by atoms with van der Waals surface area (Å²) < 4.78 is 54.4. The van der Waals surface area contributed by atoms with Crippen LogP contribution in [0.1, 0.15) is 31.2 Å². The highest BCUT2D eigenvalue weighted by Gasteiger charge is 2.10. The van der Waals surface area contributed by atoms with Crippen LogP contribution >= 0.6 is 0 Å². The van der Waals surface area contributed by atoms with Gasteiger partial charge in [-0.15, -0.1) is 0 Å². The molecule has 0 unspecified atom stereocenters. The van der Waals surface area contributed by atoms with Crippen LogP contribution < -0.4 is 4.74 Å². The minimum absolute atomic E-state index is 0.225. The van der Waals surface area contributed by atoms with Crippen molar-refractivity contribution in [2.75, 3.05) is 6.56 Å². The minimum Gasteiger partial charge on any atom is -0.494 e. The fourth-order valence-electron chi connectivity index (χ4n) is 2.92. The standard InChI is InChI=1S/C23H21N3O2/c1-3-28-21-8-6-16(7-9-21)23(27)12-20-11-19-10-17(4-5-18(19)13-25-20)22-14-24-15-26(22)2/h4-11,13-15H,3,12H2,1-2H3/i3D2,6D,7D,8D,9D. The molecule has 0 saturated carbocycles. The predicted octanol–water partition coefficient (Wildman–Crippen LogP) is 4.46. The van der Waals surface area contributed by atoms with Crippen molar-refractivity contribution in [1.29, 1.82) is 0 Å². The number of ketones is 1. The Morgan fingerprint density at radius 2 is 2.00 bits per heavy atom. The molecule has 2 heterocycles. The van der Waals surface area contributed by atoms with Crippen molar-refractivity contribution in [2.24, 2.45) is 7.05 Å². The summed E-state index contributed by atoms with van der Waals surface area (Å²) in [6, 6.07) is 5.22. The van der Waals surface area contributed by atoms with E-state index in [0.717, 1.165) is 29.0 Å². The number of nitrogens with zero attached hydrogens (tertiary/aromatic N) is 3. The molecule has 28 heavy (non-hydrogen) atoms. The van der Waals surface area contributed by atoms with E-state index in [1.165, 1.54) is 0 Å². The Balaban J connectivity index is 1.68. The van der Waals surface area contributed by atoms with Gasteiger partial charge < -0.3 is 9.30 Å². The van der Waals surface area contributed by atoms with Gasteiger partial charge in [-0.25, -0.2) is 4.98 Å². The SMILES string of the molecule is [2H]c1c([2H])c(C(=O)Cc2cc3cc(-c4cncn4C)ccc3cn2)c([2H])c([2H])c1OC([2H])([2H])C. The van der Waals surface area contributed by atoms with E-state index in [-0.39, 0.29) is 12.0 Å². The zero-order chi connectivity index (χ0) is 24.8. The van der Waals surface area contributed by atoms with Gasteiger partial charge >= 0.3 is 0 Å². The summed E-state index contributed by atoms with van der Waals surface area (Å²) >= 11 is 0. The van der Waals surface area contributed by atoms with Crippen LogP contribution in [-0.2, 0) is 13.5 Å². The van der Waals surface area contributed by atoms with E-state index in [0.29, 0.717) is 5.69 Å². The number of fused-ring (bicyclic) bond motifs is 1. The predicted molar refractivity (Wildman–Crippen MR) is 110 cm³/mol. The summed E-state index contributed by atoms with van der Waals surface area (Å²) in [5.74, 6) is -1.16. The number of aryl methyl sites for hydroxylation is 1. The molecule has 4 aromatic rings. The molecule has 0 spiro atoms. The van der Waals surface area contributed by atoms with E-state index in [9.17, 15) is 4.79 Å². The van der Waals surface area contributed by atoms with E-state index in [1.54, 1.807) is 24.8 Å². The third-order valence-electron chi connectivity index (χ3n) is 4.32. The van der Waals surface area contributed by atoms with Crippen molar-refractivity contribution in [3.05, 3.63) is 78.4 Å². The number of benzene rings is 2. The molecule has 0 amide bonds. The molecule has 0 atom stereocenters. The van der Waals surface area contributed by atoms with Gasteiger partial charge in [0.1, 0.15) is 5.75 Å². The molecule has 0 aliphatic heterocycles. The summed E-state index contributed by atoms with van der Waals surface area (Å²) in [5, 5.41) is 1.73. The van der Waals surface area contributed by atoms with E-state index in [4.69, 9.17) is 13.0 Å². The molecular formula is C23H21N3O2. The number of carbonyl (C=O) groups excluding carboxylic acids is 1. The number of Topliss-reactive ketones (excluding diaryl/α,β-unsaturated/α-hetero) is 1. The molecule has 140 valence electrons. The molecule has 2 aromatic heterocycles. The van der Waals surface area contributed by atoms with Crippen LogP contribution in [0.3, 0.4) is 0 Å². The fraction of sp³-hybridized carbons (Fsp3) is 0.174. The first-order valence-corrected chi connectivity index (χ1v) is 8.64. The molecular weight excluding hydrogens is 350 g/mol. The second kappa shape index (κ2) is 7.64. The Hall–Kier alpha value is -3.47. The Morgan fingerprint density at radius 3 is 2.71 bits per heavy atom. The van der Waals surface area contributed by atoms with Crippen LogP contribution in [0.15, 0.2) is 67.2 Å². The highest BCUT2D eigenvalue weighted by Crippen LogP contribution is 2.24. The molecule has 5 nitrogen and oxygen atoms in total. The second-order valence-electron chi connectivity index (χ2n) is 6.24. The Morgan fingerprint density at radius 1 is 1.18 bits per heavy atom. The number of aromatic nitrogens is 3. The van der Waals surface area contributed by atoms with E-state index < -0.39 is 42.3 Å². The van der Waals surface area contributed by atoms with Gasteiger partial charge in [0.05, 0.1) is 39.4 Å². The first-order chi connectivity index (χ1) is 16.0. The second-order valence-corrected chi connectivity index (χ2v) is 6.24. The number of imidazole rings is 1. The monoisotopic (exact) mass is 377 g/mol. The maximum absolute atomic E-state index is 13.0. The lowest BCUT2D eigenvalue weighted by Gasteiger charge is -2.07. The first-order valence-electron chi connectivity index (χ1n) is 11.6. The van der Waals surface area contributed by atoms with Crippen LogP contribution in [0.25, 0.3) is 22.0 Å². The number of ether oxygens (including phenoxy) is 1. The van der Waals surface area contributed by atoms with Crippen LogP contribution in [0.2, 0.25) is 0 Å². The lowest BCUT2D eigenvalue weighted by Crippen LogP contribution is -2.05. The van der Waals surface area contributed by atoms with Crippen molar-refractivity contribution in [3.8, 4) is 17.0 Å². The van der Waals surface area contributed by atoms with Gasteiger partial charge in [-0.05, 0) is 48.6 Å². The molecule has 4 rings (SSSR count). The topological polar surface area (TPSA) is 57.0 Å². The maximum Gasteiger partial charge on any atom is 0.168 e. The Labute approximate surface area is 172 Å². The van der Waals surface area contributed by atoms with Crippen LogP contribution in [0, 0.1) is 0 Å².